The molecule has 1 heterocycles. The molecule has 1 aromatic heterocycles. The van der Waals surface area contributed by atoms with Crippen molar-refractivity contribution in [3.8, 4) is 11.5 Å². The lowest BCUT2D eigenvalue weighted by Crippen LogP contribution is -2.22. The second-order valence-electron chi connectivity index (χ2n) is 5.49. The van der Waals surface area contributed by atoms with Gasteiger partial charge < -0.3 is 9.47 Å². The second kappa shape index (κ2) is 8.13. The van der Waals surface area contributed by atoms with Gasteiger partial charge in [0.1, 0.15) is 0 Å². The summed E-state index contributed by atoms with van der Waals surface area (Å²) in [5.74, 6) is 0.669. The van der Waals surface area contributed by atoms with Crippen molar-refractivity contribution in [2.24, 2.45) is 5.10 Å². The molecule has 0 aliphatic rings. The van der Waals surface area contributed by atoms with Gasteiger partial charge >= 0.3 is 0 Å². The number of amides is 1. The van der Waals surface area contributed by atoms with Gasteiger partial charge in [0.2, 0.25) is 0 Å². The Kier molecular flexibility index (Phi) is 5.46. The van der Waals surface area contributed by atoms with Crippen molar-refractivity contribution in [3.05, 3.63) is 64.1 Å². The average Bonchev–Trinajstić information content (AvgIpc) is 2.69. The Morgan fingerprint density at radius 1 is 1.22 bits per heavy atom. The third kappa shape index (κ3) is 3.95. The van der Waals surface area contributed by atoms with Gasteiger partial charge in [-0.15, -0.1) is 0 Å². The highest BCUT2D eigenvalue weighted by molar-refractivity contribution is 6.04. The summed E-state index contributed by atoms with van der Waals surface area (Å²) in [7, 11) is 1.55. The molecule has 2 N–H and O–H groups in total. The van der Waals surface area contributed by atoms with Crippen molar-refractivity contribution in [2.75, 3.05) is 13.7 Å². The standard InChI is InChI=1S/C19H18N4O4/c1-3-27-15-9-8-12(10-16(15)26-2)11-20-22-19(25)17-13-6-4-5-7-14(13)18(24)23-21-17/h4-11H,3H2,1-2H3,(H,22,25)(H,23,24). The van der Waals surface area contributed by atoms with Crippen LogP contribution in [-0.4, -0.2) is 36.0 Å². The topological polar surface area (TPSA) is 106 Å². The number of hydrogen-bond acceptors (Lipinski definition) is 6. The maximum Gasteiger partial charge on any atom is 0.292 e. The molecule has 0 saturated carbocycles. The Balaban J connectivity index is 1.78. The maximum atomic E-state index is 12.4. The van der Waals surface area contributed by atoms with Crippen LogP contribution in [0, 0.1) is 0 Å². The van der Waals surface area contributed by atoms with Crippen LogP contribution in [-0.2, 0) is 0 Å². The Labute approximate surface area is 154 Å². The van der Waals surface area contributed by atoms with E-state index in [9.17, 15) is 9.59 Å². The minimum Gasteiger partial charge on any atom is -0.493 e. The Hall–Kier alpha value is -3.68. The highest BCUT2D eigenvalue weighted by Gasteiger charge is 2.13. The molecule has 0 saturated heterocycles. The van der Waals surface area contributed by atoms with E-state index in [1.54, 1.807) is 49.6 Å². The molecule has 0 bridgehead atoms. The normalized spacial score (nSPS) is 10.9. The van der Waals surface area contributed by atoms with Crippen LogP contribution in [0.15, 0.2) is 52.4 Å². The number of carbonyl (C=O) groups is 1. The molecule has 0 fully saturated rings. The number of fused-ring (bicyclic) bond motifs is 1. The summed E-state index contributed by atoms with van der Waals surface area (Å²) in [6, 6.07) is 12.0. The number of benzene rings is 2. The molecule has 0 aliphatic heterocycles. The third-order valence-electron chi connectivity index (χ3n) is 3.78. The van der Waals surface area contributed by atoms with Crippen LogP contribution in [0.2, 0.25) is 0 Å². The summed E-state index contributed by atoms with van der Waals surface area (Å²) >= 11 is 0. The number of carbonyl (C=O) groups excluding carboxylic acids is 1. The Bertz CT molecular complexity index is 1060. The second-order valence-corrected chi connectivity index (χ2v) is 5.49. The van der Waals surface area contributed by atoms with Gasteiger partial charge in [-0.3, -0.25) is 9.59 Å². The van der Waals surface area contributed by atoms with E-state index in [0.29, 0.717) is 28.9 Å². The van der Waals surface area contributed by atoms with Crippen molar-refractivity contribution >= 4 is 22.9 Å². The largest absolute Gasteiger partial charge is 0.493 e. The van der Waals surface area contributed by atoms with E-state index < -0.39 is 5.91 Å². The number of hydrogen-bond donors (Lipinski definition) is 2. The molecular formula is C19H18N4O4. The first-order chi connectivity index (χ1) is 13.1. The average molecular weight is 366 g/mol. The van der Waals surface area contributed by atoms with Gasteiger partial charge in [0, 0.05) is 5.39 Å². The highest BCUT2D eigenvalue weighted by Crippen LogP contribution is 2.27. The summed E-state index contributed by atoms with van der Waals surface area (Å²) in [5.41, 5.74) is 2.86. The smallest absolute Gasteiger partial charge is 0.292 e. The van der Waals surface area contributed by atoms with E-state index in [4.69, 9.17) is 9.47 Å². The highest BCUT2D eigenvalue weighted by atomic mass is 16.5. The number of nitrogens with one attached hydrogen (secondary N) is 2. The molecule has 2 aromatic carbocycles. The Morgan fingerprint density at radius 2 is 2.00 bits per heavy atom. The van der Waals surface area contributed by atoms with Crippen molar-refractivity contribution in [1.82, 2.24) is 15.6 Å². The van der Waals surface area contributed by atoms with E-state index in [2.05, 4.69) is 20.7 Å². The molecule has 3 rings (SSSR count). The summed E-state index contributed by atoms with van der Waals surface area (Å²) in [6.07, 6.45) is 1.48. The maximum absolute atomic E-state index is 12.4. The van der Waals surface area contributed by atoms with Crippen LogP contribution >= 0.6 is 0 Å². The van der Waals surface area contributed by atoms with E-state index in [1.165, 1.54) is 6.21 Å². The predicted octanol–water partition coefficient (Wildman–Crippen LogP) is 2.09. The zero-order valence-electron chi connectivity index (χ0n) is 14.9. The first-order valence-corrected chi connectivity index (χ1v) is 8.25. The molecule has 0 radical (unpaired) electrons. The van der Waals surface area contributed by atoms with Crippen LogP contribution in [0.1, 0.15) is 23.0 Å². The summed E-state index contributed by atoms with van der Waals surface area (Å²) in [5, 5.41) is 10.9. The lowest BCUT2D eigenvalue weighted by Gasteiger charge is -2.09. The minimum absolute atomic E-state index is 0.0895. The third-order valence-corrected chi connectivity index (χ3v) is 3.78. The molecule has 0 aliphatic carbocycles. The number of nitrogens with zero attached hydrogens (tertiary/aromatic N) is 2. The van der Waals surface area contributed by atoms with E-state index >= 15 is 0 Å². The number of rotatable bonds is 6. The van der Waals surface area contributed by atoms with Crippen molar-refractivity contribution in [2.45, 2.75) is 6.92 Å². The minimum atomic E-state index is -0.531. The molecule has 1 amide bonds. The van der Waals surface area contributed by atoms with E-state index in [0.717, 1.165) is 5.56 Å². The zero-order valence-corrected chi connectivity index (χ0v) is 14.9. The fourth-order valence-electron chi connectivity index (χ4n) is 2.55. The predicted molar refractivity (Wildman–Crippen MR) is 102 cm³/mol. The summed E-state index contributed by atoms with van der Waals surface area (Å²) < 4.78 is 10.7. The van der Waals surface area contributed by atoms with Crippen LogP contribution in [0.4, 0.5) is 0 Å². The first kappa shape index (κ1) is 18.1. The first-order valence-electron chi connectivity index (χ1n) is 8.25. The monoisotopic (exact) mass is 366 g/mol. The van der Waals surface area contributed by atoms with Gasteiger partial charge in [0.15, 0.2) is 17.2 Å². The number of hydrazone groups is 1. The molecule has 8 nitrogen and oxygen atoms in total. The van der Waals surface area contributed by atoms with Crippen LogP contribution in [0.25, 0.3) is 10.8 Å². The van der Waals surface area contributed by atoms with Gasteiger partial charge in [-0.1, -0.05) is 18.2 Å². The molecule has 0 unspecified atom stereocenters. The van der Waals surface area contributed by atoms with Gasteiger partial charge in [-0.25, -0.2) is 10.5 Å². The van der Waals surface area contributed by atoms with Gasteiger partial charge in [0.25, 0.3) is 11.5 Å². The number of aromatic amines is 1. The lowest BCUT2D eigenvalue weighted by molar-refractivity contribution is 0.0951. The van der Waals surface area contributed by atoms with Gasteiger partial charge in [0.05, 0.1) is 25.3 Å². The number of aromatic nitrogens is 2. The van der Waals surface area contributed by atoms with Gasteiger partial charge in [-0.05, 0) is 36.8 Å². The molecule has 27 heavy (non-hydrogen) atoms. The fourth-order valence-corrected chi connectivity index (χ4v) is 2.55. The Morgan fingerprint density at radius 3 is 2.74 bits per heavy atom. The molecule has 0 spiro atoms. The molecule has 8 heteroatoms. The SMILES string of the molecule is CCOc1ccc(C=NNC(=O)c2n[nH]c(=O)c3ccccc23)cc1OC. The van der Waals surface area contributed by atoms with Crippen LogP contribution in [0.5, 0.6) is 11.5 Å². The molecule has 0 atom stereocenters. The number of methoxy groups -OCH3 is 1. The molecular weight excluding hydrogens is 348 g/mol. The summed E-state index contributed by atoms with van der Waals surface area (Å²) in [6.45, 7) is 2.42. The zero-order chi connectivity index (χ0) is 19.2. The van der Waals surface area contributed by atoms with Crippen molar-refractivity contribution in [1.29, 1.82) is 0 Å². The van der Waals surface area contributed by atoms with Crippen LogP contribution in [0.3, 0.4) is 0 Å². The molecule has 138 valence electrons. The van der Waals surface area contributed by atoms with E-state index in [1.807, 2.05) is 6.92 Å². The van der Waals surface area contributed by atoms with Crippen LogP contribution < -0.4 is 20.5 Å². The number of ether oxygens (including phenoxy) is 2. The quantitative estimate of drug-likeness (QED) is 0.513. The summed E-state index contributed by atoms with van der Waals surface area (Å²) in [4.78, 5) is 24.2. The number of H-pyrrole nitrogens is 1. The fraction of sp³-hybridized carbons (Fsp3) is 0.158. The molecule has 3 aromatic rings. The van der Waals surface area contributed by atoms with Gasteiger partial charge in [-0.2, -0.15) is 10.2 Å². The van der Waals surface area contributed by atoms with Crippen molar-refractivity contribution < 1.29 is 14.3 Å². The lowest BCUT2D eigenvalue weighted by atomic mass is 10.1. The van der Waals surface area contributed by atoms with E-state index in [-0.39, 0.29) is 11.3 Å². The van der Waals surface area contributed by atoms with Crippen molar-refractivity contribution in [3.63, 3.8) is 0 Å².